The van der Waals surface area contributed by atoms with Crippen molar-refractivity contribution in [1.29, 1.82) is 0 Å². The Kier molecular flexibility index (Phi) is 5.59. The van der Waals surface area contributed by atoms with Crippen molar-refractivity contribution in [2.45, 2.75) is 27.7 Å². The number of hydrogen-bond donors (Lipinski definition) is 2. The van der Waals surface area contributed by atoms with Gasteiger partial charge < -0.3 is 15.1 Å². The van der Waals surface area contributed by atoms with Crippen LogP contribution in [-0.4, -0.2) is 50.2 Å². The third kappa shape index (κ3) is 4.12. The van der Waals surface area contributed by atoms with Gasteiger partial charge in [-0.05, 0) is 31.0 Å². The monoisotopic (exact) mass is 361 g/mol. The van der Waals surface area contributed by atoms with E-state index in [2.05, 4.69) is 36.2 Å². The van der Waals surface area contributed by atoms with Crippen LogP contribution in [0.2, 0.25) is 0 Å². The number of thiazole rings is 1. The number of piperazine rings is 1. The van der Waals surface area contributed by atoms with Gasteiger partial charge in [0.1, 0.15) is 0 Å². The summed E-state index contributed by atoms with van der Waals surface area (Å²) in [5, 5.41) is 4.17. The molecule has 0 spiro atoms. The molecular formula is C19H29N4OS+. The second-order valence-electron chi connectivity index (χ2n) is 7.28. The number of aryl methyl sites for hydroxylation is 2. The summed E-state index contributed by atoms with van der Waals surface area (Å²) in [6, 6.07) is 4.38. The van der Waals surface area contributed by atoms with E-state index in [-0.39, 0.29) is 11.8 Å². The van der Waals surface area contributed by atoms with Gasteiger partial charge in [0.2, 0.25) is 5.91 Å². The molecule has 0 atom stereocenters. The van der Waals surface area contributed by atoms with E-state index in [1.807, 2.05) is 13.8 Å². The molecule has 5 nitrogen and oxygen atoms in total. The average molecular weight is 362 g/mol. The van der Waals surface area contributed by atoms with Crippen LogP contribution in [-0.2, 0) is 4.79 Å². The molecule has 2 heterocycles. The SMILES string of the molecule is Cc1ccc2sc(N3CC[NH+](CCNC(=O)C(C)C)CC3)nc2c1C. The Morgan fingerprint density at radius 1 is 1.32 bits per heavy atom. The predicted octanol–water partition coefficient (Wildman–Crippen LogP) is 1.39. The number of benzene rings is 1. The van der Waals surface area contributed by atoms with Crippen molar-refractivity contribution >= 4 is 32.6 Å². The van der Waals surface area contributed by atoms with Gasteiger partial charge in [0, 0.05) is 5.92 Å². The summed E-state index contributed by atoms with van der Waals surface area (Å²) in [6.07, 6.45) is 0. The van der Waals surface area contributed by atoms with Gasteiger partial charge in [-0.2, -0.15) is 0 Å². The van der Waals surface area contributed by atoms with Gasteiger partial charge in [-0.1, -0.05) is 31.3 Å². The van der Waals surface area contributed by atoms with Gasteiger partial charge in [0.05, 0.1) is 49.5 Å². The highest BCUT2D eigenvalue weighted by molar-refractivity contribution is 7.22. The van der Waals surface area contributed by atoms with Gasteiger partial charge in [0.15, 0.2) is 5.13 Å². The van der Waals surface area contributed by atoms with Gasteiger partial charge in [0.25, 0.3) is 0 Å². The Balaban J connectivity index is 1.54. The second kappa shape index (κ2) is 7.70. The van der Waals surface area contributed by atoms with E-state index < -0.39 is 0 Å². The topological polar surface area (TPSA) is 49.7 Å². The second-order valence-corrected chi connectivity index (χ2v) is 8.29. The Labute approximate surface area is 154 Å². The molecule has 0 radical (unpaired) electrons. The number of nitrogens with zero attached hydrogens (tertiary/aromatic N) is 2. The third-order valence-electron chi connectivity index (χ3n) is 5.12. The lowest BCUT2D eigenvalue weighted by Crippen LogP contribution is -3.15. The van der Waals surface area contributed by atoms with Crippen molar-refractivity contribution in [3.63, 3.8) is 0 Å². The van der Waals surface area contributed by atoms with Crippen LogP contribution in [0.1, 0.15) is 25.0 Å². The molecule has 2 N–H and O–H groups in total. The number of carbonyl (C=O) groups excluding carboxylic acids is 1. The predicted molar refractivity (Wildman–Crippen MR) is 105 cm³/mol. The van der Waals surface area contributed by atoms with Gasteiger partial charge in [-0.25, -0.2) is 4.98 Å². The molecule has 2 aromatic rings. The summed E-state index contributed by atoms with van der Waals surface area (Å²) in [4.78, 5) is 20.5. The zero-order valence-electron chi connectivity index (χ0n) is 15.7. The Bertz CT molecular complexity index is 747. The summed E-state index contributed by atoms with van der Waals surface area (Å²) in [5.41, 5.74) is 3.76. The van der Waals surface area contributed by atoms with E-state index in [0.29, 0.717) is 0 Å². The van der Waals surface area contributed by atoms with Crippen molar-refractivity contribution in [3.8, 4) is 0 Å². The maximum absolute atomic E-state index is 11.6. The molecular weight excluding hydrogens is 332 g/mol. The number of carbonyl (C=O) groups is 1. The molecule has 1 saturated heterocycles. The molecule has 1 aliphatic heterocycles. The minimum Gasteiger partial charge on any atom is -0.350 e. The fourth-order valence-electron chi connectivity index (χ4n) is 3.18. The van der Waals surface area contributed by atoms with Gasteiger partial charge in [-0.3, -0.25) is 4.79 Å². The summed E-state index contributed by atoms with van der Waals surface area (Å²) in [5.74, 6) is 0.219. The molecule has 1 aromatic heterocycles. The highest BCUT2D eigenvalue weighted by atomic mass is 32.1. The maximum atomic E-state index is 11.6. The minimum atomic E-state index is 0.0676. The number of amides is 1. The first-order valence-electron chi connectivity index (χ1n) is 9.18. The van der Waals surface area contributed by atoms with E-state index >= 15 is 0 Å². The number of hydrogen-bond acceptors (Lipinski definition) is 4. The lowest BCUT2D eigenvalue weighted by molar-refractivity contribution is -0.899. The molecule has 1 fully saturated rings. The number of fused-ring (bicyclic) bond motifs is 1. The normalized spacial score (nSPS) is 16.0. The fourth-order valence-corrected chi connectivity index (χ4v) is 4.26. The zero-order chi connectivity index (χ0) is 18.0. The number of nitrogens with one attached hydrogen (secondary N) is 2. The summed E-state index contributed by atoms with van der Waals surface area (Å²) in [6.45, 7) is 14.2. The van der Waals surface area contributed by atoms with E-state index in [4.69, 9.17) is 4.98 Å². The number of rotatable bonds is 5. The standard InChI is InChI=1S/C19H28N4OS/c1-13(2)18(24)20-7-8-22-9-11-23(12-10-22)19-21-17-15(4)14(3)5-6-16(17)25-19/h5-6,13H,7-12H2,1-4H3,(H,20,24)/p+1. The zero-order valence-corrected chi connectivity index (χ0v) is 16.5. The molecule has 0 aliphatic carbocycles. The molecule has 136 valence electrons. The van der Waals surface area contributed by atoms with E-state index in [9.17, 15) is 4.79 Å². The van der Waals surface area contributed by atoms with Crippen LogP contribution in [0.3, 0.4) is 0 Å². The van der Waals surface area contributed by atoms with E-state index in [0.717, 1.165) is 49.9 Å². The Morgan fingerprint density at radius 2 is 2.04 bits per heavy atom. The van der Waals surface area contributed by atoms with Crippen molar-refractivity contribution in [3.05, 3.63) is 23.3 Å². The molecule has 3 rings (SSSR count). The van der Waals surface area contributed by atoms with Crippen LogP contribution < -0.4 is 15.1 Å². The summed E-state index contributed by atoms with van der Waals surface area (Å²) >= 11 is 1.80. The minimum absolute atomic E-state index is 0.0676. The maximum Gasteiger partial charge on any atom is 0.222 e. The van der Waals surface area contributed by atoms with Crippen LogP contribution in [0.4, 0.5) is 5.13 Å². The molecule has 25 heavy (non-hydrogen) atoms. The Hall–Kier alpha value is -1.66. The lowest BCUT2D eigenvalue weighted by Gasteiger charge is -2.32. The van der Waals surface area contributed by atoms with Crippen LogP contribution >= 0.6 is 11.3 Å². The quantitative estimate of drug-likeness (QED) is 0.846. The number of aromatic nitrogens is 1. The van der Waals surface area contributed by atoms with Crippen LogP contribution in [0.5, 0.6) is 0 Å². The number of quaternary nitrogens is 1. The molecule has 0 saturated carbocycles. The smallest absolute Gasteiger partial charge is 0.222 e. The fraction of sp³-hybridized carbons (Fsp3) is 0.579. The first-order valence-corrected chi connectivity index (χ1v) is 10.0. The first kappa shape index (κ1) is 18.1. The van der Waals surface area contributed by atoms with Crippen molar-refractivity contribution in [1.82, 2.24) is 10.3 Å². The third-order valence-corrected chi connectivity index (χ3v) is 6.20. The van der Waals surface area contributed by atoms with Crippen LogP contribution in [0.15, 0.2) is 12.1 Å². The molecule has 0 unspecified atom stereocenters. The van der Waals surface area contributed by atoms with Gasteiger partial charge >= 0.3 is 0 Å². The largest absolute Gasteiger partial charge is 0.350 e. The molecule has 1 aliphatic rings. The van der Waals surface area contributed by atoms with Crippen LogP contribution in [0.25, 0.3) is 10.2 Å². The highest BCUT2D eigenvalue weighted by Crippen LogP contribution is 2.31. The molecule has 6 heteroatoms. The molecule has 1 amide bonds. The van der Waals surface area contributed by atoms with Crippen molar-refractivity contribution in [2.75, 3.05) is 44.2 Å². The summed E-state index contributed by atoms with van der Waals surface area (Å²) < 4.78 is 1.28. The molecule has 0 bridgehead atoms. The van der Waals surface area contributed by atoms with Crippen LogP contribution in [0, 0.1) is 19.8 Å². The number of anilines is 1. The molecule has 1 aromatic carbocycles. The summed E-state index contributed by atoms with van der Waals surface area (Å²) in [7, 11) is 0. The average Bonchev–Trinajstić information content (AvgIpc) is 3.03. The lowest BCUT2D eigenvalue weighted by atomic mass is 10.1. The van der Waals surface area contributed by atoms with Crippen molar-refractivity contribution in [2.24, 2.45) is 5.92 Å². The first-order chi connectivity index (χ1) is 12.0. The van der Waals surface area contributed by atoms with E-state index in [1.54, 1.807) is 16.2 Å². The highest BCUT2D eigenvalue weighted by Gasteiger charge is 2.22. The van der Waals surface area contributed by atoms with E-state index in [1.165, 1.54) is 15.8 Å². The van der Waals surface area contributed by atoms with Gasteiger partial charge in [-0.15, -0.1) is 0 Å². The van der Waals surface area contributed by atoms with Crippen molar-refractivity contribution < 1.29 is 9.69 Å². The Morgan fingerprint density at radius 3 is 2.72 bits per heavy atom.